The van der Waals surface area contributed by atoms with E-state index in [1.807, 2.05) is 5.38 Å². The van der Waals surface area contributed by atoms with E-state index in [9.17, 15) is 9.90 Å². The number of aliphatic hydroxyl groups is 1. The fraction of sp³-hybridized carbons (Fsp3) is 0.706. The molecule has 4 heteroatoms. The van der Waals surface area contributed by atoms with Gasteiger partial charge < -0.3 is 10.4 Å². The van der Waals surface area contributed by atoms with Crippen LogP contribution in [0.3, 0.4) is 0 Å². The molecule has 1 aromatic rings. The van der Waals surface area contributed by atoms with Gasteiger partial charge in [0.15, 0.2) is 0 Å². The van der Waals surface area contributed by atoms with Gasteiger partial charge in [-0.1, -0.05) is 20.8 Å². The predicted octanol–water partition coefficient (Wildman–Crippen LogP) is 3.40. The topological polar surface area (TPSA) is 49.3 Å². The first-order chi connectivity index (χ1) is 10.0. The summed E-state index contributed by atoms with van der Waals surface area (Å²) in [5.41, 5.74) is 1.94. The number of carbonyl (C=O) groups is 1. The molecule has 1 aliphatic rings. The maximum absolute atomic E-state index is 12.5. The van der Waals surface area contributed by atoms with Crippen molar-refractivity contribution in [3.05, 3.63) is 21.4 Å². The zero-order chi connectivity index (χ0) is 15.5. The second-order valence-electron chi connectivity index (χ2n) is 6.45. The van der Waals surface area contributed by atoms with E-state index < -0.39 is 0 Å². The molecule has 0 aromatic carbocycles. The molecule has 0 fully saturated rings. The quantitative estimate of drug-likeness (QED) is 0.846. The minimum absolute atomic E-state index is 0.0294. The molecule has 21 heavy (non-hydrogen) atoms. The van der Waals surface area contributed by atoms with Crippen molar-refractivity contribution < 1.29 is 9.90 Å². The van der Waals surface area contributed by atoms with Crippen LogP contribution in [0.25, 0.3) is 0 Å². The lowest BCUT2D eigenvalue weighted by Gasteiger charge is -2.29. The van der Waals surface area contributed by atoms with Gasteiger partial charge >= 0.3 is 0 Å². The first kappa shape index (κ1) is 16.5. The SMILES string of the molecule is CCC(CC)(CO)CNC(=O)c1csc2c1CCC(C)C2. The number of aliphatic hydroxyl groups excluding tert-OH is 1. The number of rotatable bonds is 6. The monoisotopic (exact) mass is 309 g/mol. The largest absolute Gasteiger partial charge is 0.396 e. The van der Waals surface area contributed by atoms with Crippen LogP contribution in [0, 0.1) is 11.3 Å². The van der Waals surface area contributed by atoms with Gasteiger partial charge in [0.25, 0.3) is 5.91 Å². The second kappa shape index (κ2) is 6.93. The number of thiophene rings is 1. The molecule has 0 spiro atoms. The minimum atomic E-state index is -0.180. The minimum Gasteiger partial charge on any atom is -0.396 e. The summed E-state index contributed by atoms with van der Waals surface area (Å²) in [4.78, 5) is 13.9. The summed E-state index contributed by atoms with van der Waals surface area (Å²) in [6.45, 7) is 7.09. The third kappa shape index (κ3) is 3.49. The van der Waals surface area contributed by atoms with E-state index in [0.29, 0.717) is 6.54 Å². The van der Waals surface area contributed by atoms with Crippen LogP contribution in [0.1, 0.15) is 60.8 Å². The van der Waals surface area contributed by atoms with Crippen molar-refractivity contribution in [2.75, 3.05) is 13.2 Å². The van der Waals surface area contributed by atoms with Gasteiger partial charge in [-0.15, -0.1) is 11.3 Å². The third-order valence-electron chi connectivity index (χ3n) is 5.11. The van der Waals surface area contributed by atoms with Crippen LogP contribution in [-0.4, -0.2) is 24.2 Å². The molecule has 0 saturated heterocycles. The van der Waals surface area contributed by atoms with Crippen LogP contribution >= 0.6 is 11.3 Å². The predicted molar refractivity (Wildman–Crippen MR) is 87.9 cm³/mol. The van der Waals surface area contributed by atoms with Crippen molar-refractivity contribution in [3.63, 3.8) is 0 Å². The van der Waals surface area contributed by atoms with Gasteiger partial charge in [0, 0.05) is 22.2 Å². The van der Waals surface area contributed by atoms with Crippen molar-refractivity contribution >= 4 is 17.2 Å². The number of carbonyl (C=O) groups excluding carboxylic acids is 1. The maximum Gasteiger partial charge on any atom is 0.252 e. The average molecular weight is 309 g/mol. The van der Waals surface area contributed by atoms with Crippen molar-refractivity contribution in [1.29, 1.82) is 0 Å². The molecule has 1 atom stereocenters. The van der Waals surface area contributed by atoms with E-state index in [0.717, 1.165) is 37.2 Å². The molecule has 1 aliphatic carbocycles. The van der Waals surface area contributed by atoms with Gasteiger partial charge in [-0.25, -0.2) is 0 Å². The summed E-state index contributed by atoms with van der Waals surface area (Å²) in [7, 11) is 0. The number of fused-ring (bicyclic) bond motifs is 1. The van der Waals surface area contributed by atoms with E-state index in [2.05, 4.69) is 26.1 Å². The highest BCUT2D eigenvalue weighted by atomic mass is 32.1. The van der Waals surface area contributed by atoms with E-state index in [1.165, 1.54) is 16.9 Å². The molecule has 0 radical (unpaired) electrons. The van der Waals surface area contributed by atoms with Crippen LogP contribution < -0.4 is 5.32 Å². The molecular formula is C17H27NO2S. The molecule has 0 aliphatic heterocycles. The Hall–Kier alpha value is -0.870. The Morgan fingerprint density at radius 1 is 1.48 bits per heavy atom. The zero-order valence-electron chi connectivity index (χ0n) is 13.4. The Labute approximate surface area is 131 Å². The lowest BCUT2D eigenvalue weighted by atomic mass is 9.83. The van der Waals surface area contributed by atoms with Crippen molar-refractivity contribution in [1.82, 2.24) is 5.32 Å². The van der Waals surface area contributed by atoms with Gasteiger partial charge in [-0.3, -0.25) is 4.79 Å². The molecule has 0 saturated carbocycles. The Balaban J connectivity index is 2.05. The van der Waals surface area contributed by atoms with Crippen LogP contribution in [0.4, 0.5) is 0 Å². The molecule has 3 nitrogen and oxygen atoms in total. The highest BCUT2D eigenvalue weighted by molar-refractivity contribution is 7.10. The molecule has 1 aromatic heterocycles. The molecule has 1 unspecified atom stereocenters. The number of hydrogen-bond acceptors (Lipinski definition) is 3. The van der Waals surface area contributed by atoms with Crippen LogP contribution in [0.5, 0.6) is 0 Å². The normalized spacial score (nSPS) is 18.4. The lowest BCUT2D eigenvalue weighted by Crippen LogP contribution is -2.39. The Morgan fingerprint density at radius 2 is 2.19 bits per heavy atom. The zero-order valence-corrected chi connectivity index (χ0v) is 14.2. The fourth-order valence-corrected chi connectivity index (χ4v) is 4.25. The summed E-state index contributed by atoms with van der Waals surface area (Å²) in [5.74, 6) is 0.760. The van der Waals surface area contributed by atoms with Gasteiger partial charge in [0.05, 0.1) is 12.2 Å². The molecule has 0 bridgehead atoms. The number of hydrogen-bond donors (Lipinski definition) is 2. The Bertz CT molecular complexity index is 483. The molecule has 118 valence electrons. The molecule has 2 rings (SSSR count). The van der Waals surface area contributed by atoms with Gasteiger partial charge in [-0.2, -0.15) is 0 Å². The van der Waals surface area contributed by atoms with E-state index in [4.69, 9.17) is 0 Å². The average Bonchev–Trinajstić information content (AvgIpc) is 2.92. The van der Waals surface area contributed by atoms with Gasteiger partial charge in [-0.05, 0) is 43.6 Å². The maximum atomic E-state index is 12.5. The highest BCUT2D eigenvalue weighted by Gasteiger charge is 2.28. The summed E-state index contributed by atoms with van der Waals surface area (Å²) < 4.78 is 0. The molecule has 2 N–H and O–H groups in total. The Kier molecular flexibility index (Phi) is 5.44. The van der Waals surface area contributed by atoms with Gasteiger partial charge in [0.2, 0.25) is 0 Å². The second-order valence-corrected chi connectivity index (χ2v) is 7.41. The molecule has 1 heterocycles. The van der Waals surface area contributed by atoms with Crippen LogP contribution in [-0.2, 0) is 12.8 Å². The van der Waals surface area contributed by atoms with Crippen molar-refractivity contribution in [2.45, 2.75) is 52.9 Å². The molecular weight excluding hydrogens is 282 g/mol. The smallest absolute Gasteiger partial charge is 0.252 e. The van der Waals surface area contributed by atoms with Gasteiger partial charge in [0.1, 0.15) is 0 Å². The summed E-state index contributed by atoms with van der Waals surface area (Å²) >= 11 is 1.72. The number of nitrogens with one attached hydrogen (secondary N) is 1. The fourth-order valence-electron chi connectivity index (χ4n) is 3.01. The summed E-state index contributed by atoms with van der Waals surface area (Å²) in [5, 5.41) is 14.7. The van der Waals surface area contributed by atoms with E-state index >= 15 is 0 Å². The van der Waals surface area contributed by atoms with E-state index in [-0.39, 0.29) is 17.9 Å². The van der Waals surface area contributed by atoms with Crippen LogP contribution in [0.2, 0.25) is 0 Å². The summed E-state index contributed by atoms with van der Waals surface area (Å²) in [6.07, 6.45) is 5.06. The Morgan fingerprint density at radius 3 is 2.81 bits per heavy atom. The van der Waals surface area contributed by atoms with Crippen LogP contribution in [0.15, 0.2) is 5.38 Å². The standard InChI is InChI=1S/C17H27NO2S/c1-4-17(5-2,11-19)10-18-16(20)14-9-21-15-8-12(3)6-7-13(14)15/h9,12,19H,4-8,10-11H2,1-3H3,(H,18,20). The summed E-state index contributed by atoms with van der Waals surface area (Å²) in [6, 6.07) is 0. The highest BCUT2D eigenvalue weighted by Crippen LogP contribution is 2.33. The lowest BCUT2D eigenvalue weighted by molar-refractivity contribution is 0.0850. The molecule has 1 amide bonds. The van der Waals surface area contributed by atoms with Crippen molar-refractivity contribution in [3.8, 4) is 0 Å². The third-order valence-corrected chi connectivity index (χ3v) is 6.16. The first-order valence-corrected chi connectivity index (χ1v) is 8.91. The first-order valence-electron chi connectivity index (χ1n) is 8.03. The van der Waals surface area contributed by atoms with Crippen molar-refractivity contribution in [2.24, 2.45) is 11.3 Å². The number of amides is 1. The van der Waals surface area contributed by atoms with E-state index in [1.54, 1.807) is 11.3 Å².